The molecule has 6 nitrogen and oxygen atoms in total. The van der Waals surface area contributed by atoms with Gasteiger partial charge >= 0.3 is 5.97 Å². The Morgan fingerprint density at radius 3 is 2.39 bits per heavy atom. The number of benzene rings is 3. The number of fused-ring (bicyclic) bond motifs is 1. The maximum atomic E-state index is 10.6. The fourth-order valence-corrected chi connectivity index (χ4v) is 4.57. The van der Waals surface area contributed by atoms with Gasteiger partial charge in [0.1, 0.15) is 0 Å². The zero-order valence-corrected chi connectivity index (χ0v) is 22.6. The second-order valence-corrected chi connectivity index (χ2v) is 10.6. The highest BCUT2D eigenvalue weighted by molar-refractivity contribution is 5.83. The first kappa shape index (κ1) is 29.5. The van der Waals surface area contributed by atoms with E-state index in [1.165, 1.54) is 22.4 Å². The van der Waals surface area contributed by atoms with E-state index in [9.17, 15) is 15.0 Å². The van der Waals surface area contributed by atoms with Crippen LogP contribution in [0, 0.1) is 5.92 Å². The van der Waals surface area contributed by atoms with Crippen LogP contribution in [0.3, 0.4) is 0 Å². The number of aliphatic hydroxyl groups excluding tert-OH is 2. The van der Waals surface area contributed by atoms with Crippen molar-refractivity contribution in [3.8, 4) is 0 Å². The molecule has 0 amide bonds. The monoisotopic (exact) mass is 519 g/mol. The van der Waals surface area contributed by atoms with Gasteiger partial charge in [-0.15, -0.1) is 0 Å². The maximum Gasteiger partial charge on any atom is 0.327 e. The van der Waals surface area contributed by atoms with Crippen LogP contribution >= 0.6 is 0 Å². The van der Waals surface area contributed by atoms with Crippen molar-refractivity contribution < 1.29 is 24.9 Å². The molecule has 204 valence electrons. The van der Waals surface area contributed by atoms with Gasteiger partial charge in [-0.25, -0.2) is 4.79 Å². The van der Waals surface area contributed by atoms with E-state index in [1.54, 1.807) is 6.92 Å². The molecular formula is C32H41NO5. The van der Waals surface area contributed by atoms with Crippen molar-refractivity contribution in [2.45, 2.75) is 64.4 Å². The summed E-state index contributed by atoms with van der Waals surface area (Å²) >= 11 is 0. The van der Waals surface area contributed by atoms with Crippen LogP contribution in [0.15, 0.2) is 78.9 Å². The topological polar surface area (TPSA) is 99.0 Å². The van der Waals surface area contributed by atoms with Gasteiger partial charge < -0.3 is 25.4 Å². The Hall–Kier alpha value is -3.03. The molecule has 0 saturated heterocycles. The van der Waals surface area contributed by atoms with E-state index in [4.69, 9.17) is 9.84 Å². The minimum atomic E-state index is -0.891. The Kier molecular flexibility index (Phi) is 11.0. The van der Waals surface area contributed by atoms with E-state index in [1.807, 2.05) is 24.3 Å². The van der Waals surface area contributed by atoms with Gasteiger partial charge in [0.2, 0.25) is 0 Å². The van der Waals surface area contributed by atoms with Crippen LogP contribution in [0.2, 0.25) is 0 Å². The van der Waals surface area contributed by atoms with E-state index in [0.29, 0.717) is 12.5 Å². The summed E-state index contributed by atoms with van der Waals surface area (Å²) in [7, 11) is 0. The summed E-state index contributed by atoms with van der Waals surface area (Å²) in [6.45, 7) is 6.75. The molecule has 0 aromatic heterocycles. The summed E-state index contributed by atoms with van der Waals surface area (Å²) in [5.74, 6) is -0.412. The lowest BCUT2D eigenvalue weighted by atomic mass is 9.93. The average Bonchev–Trinajstić information content (AvgIpc) is 3.73. The molecular weight excluding hydrogens is 478 g/mol. The third-order valence-corrected chi connectivity index (χ3v) is 6.64. The van der Waals surface area contributed by atoms with Crippen LogP contribution in [0.4, 0.5) is 0 Å². The Labute approximate surface area is 226 Å². The van der Waals surface area contributed by atoms with E-state index in [-0.39, 0.29) is 24.9 Å². The van der Waals surface area contributed by atoms with Crippen molar-refractivity contribution in [1.29, 1.82) is 0 Å². The number of carbonyl (C=O) groups is 1. The molecule has 1 aliphatic carbocycles. The van der Waals surface area contributed by atoms with E-state index in [2.05, 4.69) is 61.6 Å². The first-order chi connectivity index (χ1) is 18.2. The molecule has 0 bridgehead atoms. The lowest BCUT2D eigenvalue weighted by Crippen LogP contribution is -2.46. The van der Waals surface area contributed by atoms with E-state index < -0.39 is 12.1 Å². The fourth-order valence-electron chi connectivity index (χ4n) is 4.57. The number of rotatable bonds is 12. The van der Waals surface area contributed by atoms with Gasteiger partial charge in [0.15, 0.2) is 0 Å². The highest BCUT2D eigenvalue weighted by Gasteiger charge is 2.34. The van der Waals surface area contributed by atoms with Gasteiger partial charge in [-0.05, 0) is 73.4 Å². The van der Waals surface area contributed by atoms with Crippen LogP contribution in [0.25, 0.3) is 10.8 Å². The molecule has 3 aromatic carbocycles. The quantitative estimate of drug-likeness (QED) is 0.239. The first-order valence-corrected chi connectivity index (χ1v) is 13.3. The molecule has 0 spiro atoms. The van der Waals surface area contributed by atoms with E-state index >= 15 is 0 Å². The number of allylic oxidation sites excluding steroid dienone is 1. The third-order valence-electron chi connectivity index (χ3n) is 6.64. The van der Waals surface area contributed by atoms with Gasteiger partial charge in [0.25, 0.3) is 0 Å². The smallest absolute Gasteiger partial charge is 0.327 e. The van der Waals surface area contributed by atoms with Gasteiger partial charge in [-0.1, -0.05) is 72.8 Å². The second kappa shape index (κ2) is 14.2. The largest absolute Gasteiger partial charge is 0.478 e. The molecule has 4 rings (SSSR count). The summed E-state index contributed by atoms with van der Waals surface area (Å²) < 4.78 is 6.19. The van der Waals surface area contributed by atoms with Crippen molar-refractivity contribution in [2.75, 3.05) is 13.2 Å². The van der Waals surface area contributed by atoms with Gasteiger partial charge in [-0.2, -0.15) is 0 Å². The first-order valence-electron chi connectivity index (χ1n) is 13.3. The fraction of sp³-hybridized carbons (Fsp3) is 0.406. The van der Waals surface area contributed by atoms with Gasteiger partial charge in [-0.3, -0.25) is 0 Å². The van der Waals surface area contributed by atoms with Crippen molar-refractivity contribution in [3.05, 3.63) is 95.6 Å². The summed E-state index contributed by atoms with van der Waals surface area (Å²) in [4.78, 5) is 9.51. The number of carboxylic acid groups (broad SMARTS) is 1. The zero-order valence-electron chi connectivity index (χ0n) is 22.6. The molecule has 6 heteroatoms. The third kappa shape index (κ3) is 9.37. The standard InChI is InChI=1S/C28H35NO3.C4H6O2/c1-28(2,16-20-11-12-21-7-3-4-8-23(21)15-20)29-17-25(31)19-32-27(22-13-14-22)26-10-6-5-9-24(26)18-30;1-2-3-4(5)6/h3-12,15,22,25,27,29-31H,13-14,16-19H2,1-2H3;2-3H,1H3,(H,5,6)/b;3-2+/t25-,27-;/m1./s1. The maximum absolute atomic E-state index is 10.6. The highest BCUT2D eigenvalue weighted by Crippen LogP contribution is 2.44. The number of nitrogens with one attached hydrogen (secondary N) is 1. The van der Waals surface area contributed by atoms with Gasteiger partial charge in [0.05, 0.1) is 25.4 Å². The highest BCUT2D eigenvalue weighted by atomic mass is 16.5. The van der Waals surface area contributed by atoms with E-state index in [0.717, 1.165) is 36.5 Å². The van der Waals surface area contributed by atoms with Crippen LogP contribution < -0.4 is 5.32 Å². The lowest BCUT2D eigenvalue weighted by Gasteiger charge is -2.29. The van der Waals surface area contributed by atoms with Crippen molar-refractivity contribution in [3.63, 3.8) is 0 Å². The molecule has 0 radical (unpaired) electrons. The molecule has 2 atom stereocenters. The number of hydrogen-bond acceptors (Lipinski definition) is 5. The molecule has 0 unspecified atom stereocenters. The van der Waals surface area contributed by atoms with Crippen LogP contribution in [0.5, 0.6) is 0 Å². The summed E-state index contributed by atoms with van der Waals surface area (Å²) in [6.07, 6.45) is 5.06. The summed E-state index contributed by atoms with van der Waals surface area (Å²) in [5, 5.41) is 34.1. The average molecular weight is 520 g/mol. The molecule has 4 N–H and O–H groups in total. The summed E-state index contributed by atoms with van der Waals surface area (Å²) in [6, 6.07) is 22.9. The molecule has 0 aliphatic heterocycles. The number of aliphatic carboxylic acids is 1. The molecule has 0 heterocycles. The Bertz CT molecular complexity index is 1200. The van der Waals surface area contributed by atoms with Crippen LogP contribution in [-0.2, 0) is 22.6 Å². The molecule has 1 aliphatic rings. The number of β-amino-alcohol motifs (C(OH)–C–C–N with tert-alkyl or cyclic N) is 1. The Balaban J connectivity index is 0.000000599. The molecule has 38 heavy (non-hydrogen) atoms. The molecule has 3 aromatic rings. The summed E-state index contributed by atoms with van der Waals surface area (Å²) in [5.41, 5.74) is 3.09. The SMILES string of the molecule is C/C=C/C(=O)O.CC(C)(Cc1ccc2ccccc2c1)NC[C@@H](O)CO[C@@H](c1ccccc1CO)C1CC1. The minimum Gasteiger partial charge on any atom is -0.478 e. The number of ether oxygens (including phenoxy) is 1. The number of hydrogen-bond donors (Lipinski definition) is 4. The van der Waals surface area contributed by atoms with Crippen molar-refractivity contribution >= 4 is 16.7 Å². The van der Waals surface area contributed by atoms with Gasteiger partial charge in [0, 0.05) is 18.2 Å². The minimum absolute atomic E-state index is 0.00975. The van der Waals surface area contributed by atoms with Crippen molar-refractivity contribution in [2.24, 2.45) is 5.92 Å². The predicted octanol–water partition coefficient (Wildman–Crippen LogP) is 5.42. The number of aliphatic hydroxyl groups is 2. The van der Waals surface area contributed by atoms with Crippen molar-refractivity contribution in [1.82, 2.24) is 5.32 Å². The lowest BCUT2D eigenvalue weighted by molar-refractivity contribution is -0.131. The molecule has 1 saturated carbocycles. The Morgan fingerprint density at radius 2 is 1.76 bits per heavy atom. The Morgan fingerprint density at radius 1 is 1.08 bits per heavy atom. The molecule has 1 fully saturated rings. The zero-order chi connectivity index (χ0) is 27.5. The predicted molar refractivity (Wildman–Crippen MR) is 152 cm³/mol. The van der Waals surface area contributed by atoms with Crippen LogP contribution in [0.1, 0.15) is 56.4 Å². The number of carboxylic acids is 1. The normalized spacial score (nSPS) is 15.2. The van der Waals surface area contributed by atoms with Crippen LogP contribution in [-0.4, -0.2) is 46.1 Å². The second-order valence-electron chi connectivity index (χ2n) is 10.6.